The molecule has 0 radical (unpaired) electrons. The standard InChI is InChI=1S/C18H27N3O3/c1-12-5-4-6-17(14(12)3)19-10-9-18(22)20-16-8-7-15(21(23)24)11-13(16)2/h7-8,11-12,14,17,19H,4-6,9-10H2,1-3H3,(H,20,22). The van der Waals surface area contributed by atoms with Gasteiger partial charge in [-0.2, -0.15) is 0 Å². The van der Waals surface area contributed by atoms with E-state index in [9.17, 15) is 14.9 Å². The monoisotopic (exact) mass is 333 g/mol. The lowest BCUT2D eigenvalue weighted by Crippen LogP contribution is -2.41. The number of nitro benzene ring substituents is 1. The van der Waals surface area contributed by atoms with Gasteiger partial charge in [-0.25, -0.2) is 0 Å². The Hall–Kier alpha value is -1.95. The molecule has 132 valence electrons. The Kier molecular flexibility index (Phi) is 6.31. The van der Waals surface area contributed by atoms with E-state index in [0.29, 0.717) is 36.2 Å². The summed E-state index contributed by atoms with van der Waals surface area (Å²) < 4.78 is 0. The summed E-state index contributed by atoms with van der Waals surface area (Å²) in [6.07, 6.45) is 4.11. The van der Waals surface area contributed by atoms with Crippen molar-refractivity contribution in [2.45, 2.75) is 52.5 Å². The lowest BCUT2D eigenvalue weighted by Gasteiger charge is -2.34. The number of hydrogen-bond acceptors (Lipinski definition) is 4. The zero-order chi connectivity index (χ0) is 17.7. The zero-order valence-corrected chi connectivity index (χ0v) is 14.7. The fourth-order valence-corrected chi connectivity index (χ4v) is 3.36. The summed E-state index contributed by atoms with van der Waals surface area (Å²) in [6.45, 7) is 6.98. The Bertz CT molecular complexity index is 603. The van der Waals surface area contributed by atoms with E-state index in [1.807, 2.05) is 0 Å². The molecule has 0 bridgehead atoms. The molecule has 1 saturated carbocycles. The van der Waals surface area contributed by atoms with Crippen LogP contribution in [-0.2, 0) is 4.79 Å². The van der Waals surface area contributed by atoms with E-state index in [0.717, 1.165) is 5.92 Å². The fourth-order valence-electron chi connectivity index (χ4n) is 3.36. The third kappa shape index (κ3) is 4.77. The number of carbonyl (C=O) groups is 1. The molecule has 1 fully saturated rings. The van der Waals surface area contributed by atoms with Crippen molar-refractivity contribution in [3.05, 3.63) is 33.9 Å². The van der Waals surface area contributed by atoms with Crippen molar-refractivity contribution in [2.24, 2.45) is 11.8 Å². The topological polar surface area (TPSA) is 84.3 Å². The Balaban J connectivity index is 1.80. The molecule has 0 aromatic heterocycles. The van der Waals surface area contributed by atoms with Crippen LogP contribution in [0.25, 0.3) is 0 Å². The van der Waals surface area contributed by atoms with Gasteiger partial charge in [-0.15, -0.1) is 0 Å². The molecule has 6 heteroatoms. The van der Waals surface area contributed by atoms with Gasteiger partial charge in [-0.05, 0) is 36.8 Å². The van der Waals surface area contributed by atoms with Gasteiger partial charge < -0.3 is 10.6 Å². The minimum atomic E-state index is -0.436. The number of hydrogen-bond donors (Lipinski definition) is 2. The van der Waals surface area contributed by atoms with Crippen LogP contribution in [0.4, 0.5) is 11.4 Å². The van der Waals surface area contributed by atoms with E-state index < -0.39 is 4.92 Å². The number of non-ortho nitro benzene ring substituents is 1. The summed E-state index contributed by atoms with van der Waals surface area (Å²) in [5.41, 5.74) is 1.36. The van der Waals surface area contributed by atoms with Gasteiger partial charge in [0, 0.05) is 36.8 Å². The predicted octanol–water partition coefficient (Wildman–Crippen LogP) is 3.65. The second kappa shape index (κ2) is 8.24. The molecule has 2 rings (SSSR count). The van der Waals surface area contributed by atoms with Crippen LogP contribution in [0.5, 0.6) is 0 Å². The van der Waals surface area contributed by atoms with Crippen molar-refractivity contribution in [3.63, 3.8) is 0 Å². The fraction of sp³-hybridized carbons (Fsp3) is 0.611. The highest BCUT2D eigenvalue weighted by molar-refractivity contribution is 5.91. The maximum Gasteiger partial charge on any atom is 0.269 e. The lowest BCUT2D eigenvalue weighted by molar-refractivity contribution is -0.384. The summed E-state index contributed by atoms with van der Waals surface area (Å²) in [5, 5.41) is 17.1. The average molecular weight is 333 g/mol. The minimum Gasteiger partial charge on any atom is -0.326 e. The molecule has 0 saturated heterocycles. The third-order valence-corrected chi connectivity index (χ3v) is 5.16. The van der Waals surface area contributed by atoms with Gasteiger partial charge in [0.1, 0.15) is 0 Å². The first kappa shape index (κ1) is 18.4. The molecule has 0 aliphatic heterocycles. The molecule has 1 amide bonds. The van der Waals surface area contributed by atoms with Gasteiger partial charge in [0.15, 0.2) is 0 Å². The molecule has 1 aromatic rings. The Morgan fingerprint density at radius 1 is 1.33 bits per heavy atom. The number of benzene rings is 1. The summed E-state index contributed by atoms with van der Waals surface area (Å²) in [7, 11) is 0. The highest BCUT2D eigenvalue weighted by atomic mass is 16.6. The van der Waals surface area contributed by atoms with Gasteiger partial charge in [0.2, 0.25) is 5.91 Å². The summed E-state index contributed by atoms with van der Waals surface area (Å²) in [4.78, 5) is 22.4. The van der Waals surface area contributed by atoms with E-state index in [2.05, 4.69) is 24.5 Å². The SMILES string of the molecule is Cc1cc([N+](=O)[O-])ccc1NC(=O)CCNC1CCCC(C)C1C. The summed E-state index contributed by atoms with van der Waals surface area (Å²) in [6, 6.07) is 4.96. The highest BCUT2D eigenvalue weighted by Gasteiger charge is 2.26. The lowest BCUT2D eigenvalue weighted by atomic mass is 9.78. The van der Waals surface area contributed by atoms with E-state index >= 15 is 0 Å². The molecule has 1 aliphatic rings. The molecule has 0 spiro atoms. The first-order valence-electron chi connectivity index (χ1n) is 8.66. The molecular weight excluding hydrogens is 306 g/mol. The van der Waals surface area contributed by atoms with Gasteiger partial charge in [0.05, 0.1) is 4.92 Å². The number of nitrogens with one attached hydrogen (secondary N) is 2. The van der Waals surface area contributed by atoms with E-state index in [1.54, 1.807) is 13.0 Å². The van der Waals surface area contributed by atoms with Crippen LogP contribution in [0.15, 0.2) is 18.2 Å². The smallest absolute Gasteiger partial charge is 0.269 e. The highest BCUT2D eigenvalue weighted by Crippen LogP contribution is 2.29. The quantitative estimate of drug-likeness (QED) is 0.615. The van der Waals surface area contributed by atoms with Crippen LogP contribution in [-0.4, -0.2) is 23.4 Å². The van der Waals surface area contributed by atoms with Crippen molar-refractivity contribution in [1.82, 2.24) is 5.32 Å². The normalized spacial score (nSPS) is 23.7. The number of nitro groups is 1. The van der Waals surface area contributed by atoms with Crippen molar-refractivity contribution in [3.8, 4) is 0 Å². The first-order chi connectivity index (χ1) is 11.4. The van der Waals surface area contributed by atoms with Gasteiger partial charge in [-0.1, -0.05) is 26.7 Å². The average Bonchev–Trinajstić information content (AvgIpc) is 2.53. The van der Waals surface area contributed by atoms with E-state index in [-0.39, 0.29) is 11.6 Å². The maximum atomic E-state index is 12.1. The number of anilines is 1. The Labute approximate surface area is 143 Å². The van der Waals surface area contributed by atoms with Crippen LogP contribution in [0.3, 0.4) is 0 Å². The molecule has 1 aromatic carbocycles. The maximum absolute atomic E-state index is 12.1. The van der Waals surface area contributed by atoms with Crippen molar-refractivity contribution in [1.29, 1.82) is 0 Å². The largest absolute Gasteiger partial charge is 0.326 e. The van der Waals surface area contributed by atoms with E-state index in [4.69, 9.17) is 0 Å². The molecule has 2 N–H and O–H groups in total. The molecule has 0 heterocycles. The van der Waals surface area contributed by atoms with Crippen LogP contribution in [0, 0.1) is 28.9 Å². The second-order valence-corrected chi connectivity index (χ2v) is 6.88. The Morgan fingerprint density at radius 3 is 2.75 bits per heavy atom. The number of amides is 1. The van der Waals surface area contributed by atoms with Crippen molar-refractivity contribution in [2.75, 3.05) is 11.9 Å². The molecule has 3 unspecified atom stereocenters. The number of carbonyl (C=O) groups excluding carboxylic acids is 1. The number of nitrogens with zero attached hydrogens (tertiary/aromatic N) is 1. The molecule has 24 heavy (non-hydrogen) atoms. The molecular formula is C18H27N3O3. The predicted molar refractivity (Wildman–Crippen MR) is 95.0 cm³/mol. The summed E-state index contributed by atoms with van der Waals surface area (Å²) in [5.74, 6) is 1.29. The van der Waals surface area contributed by atoms with E-state index in [1.165, 1.54) is 31.4 Å². The number of aryl methyl sites for hydroxylation is 1. The third-order valence-electron chi connectivity index (χ3n) is 5.16. The van der Waals surface area contributed by atoms with Crippen LogP contribution in [0.2, 0.25) is 0 Å². The van der Waals surface area contributed by atoms with Crippen molar-refractivity contribution < 1.29 is 9.72 Å². The molecule has 6 nitrogen and oxygen atoms in total. The zero-order valence-electron chi connectivity index (χ0n) is 14.7. The van der Waals surface area contributed by atoms with Crippen molar-refractivity contribution >= 4 is 17.3 Å². The van der Waals surface area contributed by atoms with Gasteiger partial charge in [0.25, 0.3) is 5.69 Å². The van der Waals surface area contributed by atoms with Gasteiger partial charge in [-0.3, -0.25) is 14.9 Å². The van der Waals surface area contributed by atoms with Crippen LogP contribution < -0.4 is 10.6 Å². The van der Waals surface area contributed by atoms with Gasteiger partial charge >= 0.3 is 0 Å². The van der Waals surface area contributed by atoms with Crippen LogP contribution >= 0.6 is 0 Å². The molecule has 1 aliphatic carbocycles. The summed E-state index contributed by atoms with van der Waals surface area (Å²) >= 11 is 0. The minimum absolute atomic E-state index is 0.0348. The van der Waals surface area contributed by atoms with Crippen LogP contribution in [0.1, 0.15) is 45.1 Å². The Morgan fingerprint density at radius 2 is 2.08 bits per heavy atom. The first-order valence-corrected chi connectivity index (χ1v) is 8.66. The molecule has 3 atom stereocenters. The number of rotatable bonds is 6. The second-order valence-electron chi connectivity index (χ2n) is 6.88.